The van der Waals surface area contributed by atoms with Crippen molar-refractivity contribution in [3.05, 3.63) is 75.7 Å². The van der Waals surface area contributed by atoms with Gasteiger partial charge in [0.2, 0.25) is 22.4 Å². The van der Waals surface area contributed by atoms with Gasteiger partial charge in [-0.05, 0) is 69.4 Å². The molecule has 0 aliphatic heterocycles. The van der Waals surface area contributed by atoms with E-state index in [4.69, 9.17) is 42.1 Å². The van der Waals surface area contributed by atoms with Gasteiger partial charge in [0.25, 0.3) is 0 Å². The van der Waals surface area contributed by atoms with Crippen LogP contribution in [0.5, 0.6) is 11.5 Å². The molecule has 1 amide bonds. The van der Waals surface area contributed by atoms with Gasteiger partial charge in [-0.25, -0.2) is 27.8 Å². The quantitative estimate of drug-likeness (QED) is 0.0920. The van der Waals surface area contributed by atoms with Crippen LogP contribution in [0.1, 0.15) is 61.2 Å². The normalized spacial score (nSPS) is 13.7. The minimum Gasteiger partial charge on any atom is -0.489 e. The Labute approximate surface area is 301 Å². The molecule has 1 aliphatic rings. The van der Waals surface area contributed by atoms with Crippen LogP contribution in [0.4, 0.5) is 19.4 Å². The van der Waals surface area contributed by atoms with Gasteiger partial charge in [0, 0.05) is 22.9 Å². The Balaban J connectivity index is 1.56. The molecule has 4 rings (SSSR count). The van der Waals surface area contributed by atoms with Crippen molar-refractivity contribution in [3.8, 4) is 11.5 Å². The van der Waals surface area contributed by atoms with Crippen molar-refractivity contribution < 1.29 is 65.2 Å². The molecule has 276 valence electrons. The number of pyridine rings is 2. The third-order valence-electron chi connectivity index (χ3n) is 6.86. The van der Waals surface area contributed by atoms with Crippen LogP contribution < -0.4 is 18.5 Å². The number of rotatable bonds is 14. The lowest BCUT2D eigenvalue weighted by Crippen LogP contribution is -2.41. The van der Waals surface area contributed by atoms with E-state index in [0.29, 0.717) is 4.73 Å². The fourth-order valence-electron chi connectivity index (χ4n) is 4.43. The Morgan fingerprint density at radius 1 is 1.08 bits per heavy atom. The predicted octanol–water partition coefficient (Wildman–Crippen LogP) is 5.69. The molecular weight excluding hydrogens is 743 g/mol. The summed E-state index contributed by atoms with van der Waals surface area (Å²) < 4.78 is 78.4. The zero-order valence-electron chi connectivity index (χ0n) is 27.7. The van der Waals surface area contributed by atoms with Crippen molar-refractivity contribution >= 4 is 57.1 Å². The Bertz CT molecular complexity index is 1870. The van der Waals surface area contributed by atoms with Gasteiger partial charge in [0.15, 0.2) is 23.9 Å². The Morgan fingerprint density at radius 3 is 2.33 bits per heavy atom. The standard InChI is InChI=1S/C32H34Cl2F2N3O11S/c1-32(2,3)50-31(42)39(51(4,44)45)27-12-20(9-10-37-27)29(41)47-17-28(40)48-25(13-21-22(33)14-38(43)15-23(21)34)19-7-8-24(49-30(35)36)26(11-19)46-16-18-5-6-18/h7-12,14-15,18,25,30,43H,5-6,13,16-17H2,1-4H3/q+1/t25-/m0/s1. The molecule has 0 spiro atoms. The number of esters is 2. The number of alkyl halides is 2. The van der Waals surface area contributed by atoms with Crippen molar-refractivity contribution in [2.75, 3.05) is 23.8 Å². The van der Waals surface area contributed by atoms with E-state index in [0.717, 1.165) is 49.8 Å². The lowest BCUT2D eigenvalue weighted by atomic mass is 10.0. The van der Waals surface area contributed by atoms with Crippen molar-refractivity contribution in [3.63, 3.8) is 0 Å². The van der Waals surface area contributed by atoms with E-state index in [9.17, 15) is 36.8 Å². The maximum Gasteiger partial charge on any atom is 0.430 e. The van der Waals surface area contributed by atoms with Gasteiger partial charge in [-0.2, -0.15) is 13.1 Å². The van der Waals surface area contributed by atoms with Gasteiger partial charge in [0.1, 0.15) is 21.8 Å². The second-order valence-corrected chi connectivity index (χ2v) is 15.0. The second-order valence-electron chi connectivity index (χ2n) is 12.3. The largest absolute Gasteiger partial charge is 0.489 e. The third-order valence-corrected chi connectivity index (χ3v) is 8.51. The zero-order chi connectivity index (χ0) is 37.7. The number of sulfonamides is 1. The number of ether oxygens (including phenoxy) is 5. The summed E-state index contributed by atoms with van der Waals surface area (Å²) in [5.41, 5.74) is -0.832. The van der Waals surface area contributed by atoms with Gasteiger partial charge in [-0.1, -0.05) is 29.3 Å². The summed E-state index contributed by atoms with van der Waals surface area (Å²) in [4.78, 5) is 42.6. The van der Waals surface area contributed by atoms with Crippen LogP contribution in [0.25, 0.3) is 0 Å². The van der Waals surface area contributed by atoms with Gasteiger partial charge in [-0.15, -0.1) is 0 Å². The van der Waals surface area contributed by atoms with Crippen LogP contribution >= 0.6 is 23.2 Å². The lowest BCUT2D eigenvalue weighted by molar-refractivity contribution is -0.904. The third kappa shape index (κ3) is 11.5. The average molecular weight is 778 g/mol. The summed E-state index contributed by atoms with van der Waals surface area (Å²) in [5.74, 6) is -2.66. The summed E-state index contributed by atoms with van der Waals surface area (Å²) >= 11 is 12.6. The van der Waals surface area contributed by atoms with Crippen molar-refractivity contribution in [1.82, 2.24) is 4.98 Å². The maximum absolute atomic E-state index is 13.1. The Kier molecular flexibility index (Phi) is 12.5. The molecule has 51 heavy (non-hydrogen) atoms. The van der Waals surface area contributed by atoms with E-state index < -0.39 is 58.8 Å². The highest BCUT2D eigenvalue weighted by Crippen LogP contribution is 2.38. The number of nitrogens with zero attached hydrogens (tertiary/aromatic N) is 3. The second kappa shape index (κ2) is 16.2. The van der Waals surface area contributed by atoms with E-state index in [-0.39, 0.29) is 61.5 Å². The minimum atomic E-state index is -4.27. The number of amides is 1. The molecule has 1 fully saturated rings. The number of anilines is 1. The van der Waals surface area contributed by atoms with Crippen molar-refractivity contribution in [2.24, 2.45) is 5.92 Å². The molecule has 0 bridgehead atoms. The van der Waals surface area contributed by atoms with Crippen LogP contribution in [0.15, 0.2) is 48.9 Å². The summed E-state index contributed by atoms with van der Waals surface area (Å²) in [6.45, 7) is 0.746. The highest BCUT2D eigenvalue weighted by molar-refractivity contribution is 7.92. The van der Waals surface area contributed by atoms with Gasteiger partial charge in [-0.3, -0.25) is 5.21 Å². The fourth-order valence-corrected chi connectivity index (χ4v) is 5.78. The first-order chi connectivity index (χ1) is 23.8. The predicted molar refractivity (Wildman–Crippen MR) is 176 cm³/mol. The molecule has 1 N–H and O–H groups in total. The monoisotopic (exact) mass is 776 g/mol. The van der Waals surface area contributed by atoms with E-state index in [2.05, 4.69) is 9.72 Å². The lowest BCUT2D eigenvalue weighted by Gasteiger charge is -2.25. The molecule has 14 nitrogen and oxygen atoms in total. The number of halogens is 4. The summed E-state index contributed by atoms with van der Waals surface area (Å²) in [7, 11) is -4.27. The molecule has 1 saturated carbocycles. The summed E-state index contributed by atoms with van der Waals surface area (Å²) in [6.07, 6.45) is 3.25. The van der Waals surface area contributed by atoms with Crippen LogP contribution in [-0.4, -0.2) is 68.3 Å². The molecule has 0 unspecified atom stereocenters. The molecule has 3 aromatic rings. The van der Waals surface area contributed by atoms with Gasteiger partial charge < -0.3 is 23.7 Å². The summed E-state index contributed by atoms with van der Waals surface area (Å²) in [5, 5.41) is 9.81. The molecule has 0 radical (unpaired) electrons. The molecule has 19 heteroatoms. The van der Waals surface area contributed by atoms with Crippen LogP contribution in [0.2, 0.25) is 10.0 Å². The maximum atomic E-state index is 13.1. The number of carbonyl (C=O) groups is 3. The molecule has 2 heterocycles. The molecular formula is C32H34Cl2F2N3O11S+. The number of aromatic nitrogens is 2. The first kappa shape index (κ1) is 39.3. The number of hydrogen-bond acceptors (Lipinski definition) is 12. The van der Waals surface area contributed by atoms with Crippen molar-refractivity contribution in [1.29, 1.82) is 0 Å². The molecule has 2 aromatic heterocycles. The van der Waals surface area contributed by atoms with E-state index in [1.165, 1.54) is 39.0 Å². The Hall–Kier alpha value is -4.48. The first-order valence-electron chi connectivity index (χ1n) is 15.2. The summed E-state index contributed by atoms with van der Waals surface area (Å²) in [6, 6.07) is 6.06. The topological polar surface area (TPSA) is 172 Å². The van der Waals surface area contributed by atoms with E-state index in [1.54, 1.807) is 0 Å². The van der Waals surface area contributed by atoms with Crippen LogP contribution in [-0.2, 0) is 35.4 Å². The van der Waals surface area contributed by atoms with Crippen LogP contribution in [0, 0.1) is 5.92 Å². The number of hydrogen-bond donors (Lipinski definition) is 1. The molecule has 1 aromatic carbocycles. The number of carbonyl (C=O) groups excluding carboxylic acids is 3. The zero-order valence-corrected chi connectivity index (χ0v) is 30.0. The Morgan fingerprint density at radius 2 is 1.75 bits per heavy atom. The SMILES string of the molecule is CC(C)(C)OC(=O)N(c1cc(C(=O)OCC(=O)O[C@@H](Cc2c(Cl)c[n+](O)cc2Cl)c2ccc(OC(F)F)c(OCC3CC3)c2)ccn1)S(C)(=O)=O. The van der Waals surface area contributed by atoms with Gasteiger partial charge >= 0.3 is 24.6 Å². The van der Waals surface area contributed by atoms with Crippen LogP contribution in [0.3, 0.4) is 0 Å². The average Bonchev–Trinajstić information content (AvgIpc) is 3.83. The highest BCUT2D eigenvalue weighted by atomic mass is 35.5. The first-order valence-corrected chi connectivity index (χ1v) is 17.8. The van der Waals surface area contributed by atoms with E-state index in [1.807, 2.05) is 0 Å². The molecule has 0 saturated heterocycles. The fraction of sp³-hybridized carbons (Fsp3) is 0.406. The molecule has 1 aliphatic carbocycles. The number of benzene rings is 1. The minimum absolute atomic E-state index is 0.00310. The smallest absolute Gasteiger partial charge is 0.430 e. The van der Waals surface area contributed by atoms with Crippen molar-refractivity contribution in [2.45, 2.75) is 58.4 Å². The highest BCUT2D eigenvalue weighted by Gasteiger charge is 2.32. The molecule has 1 atom stereocenters. The van der Waals surface area contributed by atoms with Gasteiger partial charge in [0.05, 0.1) is 18.4 Å². The van der Waals surface area contributed by atoms with E-state index >= 15 is 0 Å².